The molecule has 0 amide bonds. The average molecular weight is 795 g/mol. The smallest absolute Gasteiger partial charge is 0.0467 e. The van der Waals surface area contributed by atoms with Gasteiger partial charge < -0.3 is 9.80 Å². The summed E-state index contributed by atoms with van der Waals surface area (Å²) < 4.78 is 0. The van der Waals surface area contributed by atoms with E-state index >= 15 is 0 Å². The highest BCUT2D eigenvalue weighted by Crippen LogP contribution is 2.38. The molecule has 0 saturated heterocycles. The summed E-state index contributed by atoms with van der Waals surface area (Å²) in [5, 5.41) is 0. The third kappa shape index (κ3) is 9.01. The van der Waals surface area contributed by atoms with Gasteiger partial charge in [0.1, 0.15) is 0 Å². The highest BCUT2D eigenvalue weighted by Gasteiger charge is 2.14. The van der Waals surface area contributed by atoms with Crippen molar-refractivity contribution >= 4 is 28.4 Å². The summed E-state index contributed by atoms with van der Waals surface area (Å²) in [6.45, 7) is 3.82. The van der Waals surface area contributed by atoms with Gasteiger partial charge in [-0.05, 0) is 122 Å². The van der Waals surface area contributed by atoms with Gasteiger partial charge in [0.25, 0.3) is 0 Å². The van der Waals surface area contributed by atoms with Crippen LogP contribution in [0.5, 0.6) is 0 Å². The van der Waals surface area contributed by atoms with Crippen molar-refractivity contribution < 1.29 is 0 Å². The van der Waals surface area contributed by atoms with Gasteiger partial charge in [-0.25, -0.2) is 0 Å². The number of allylic oxidation sites excluding steroid dienone is 4. The van der Waals surface area contributed by atoms with Crippen LogP contribution in [-0.2, 0) is 0 Å². The Balaban J connectivity index is 0.943. The maximum absolute atomic E-state index is 3.82. The van der Waals surface area contributed by atoms with Crippen LogP contribution in [0.1, 0.15) is 0 Å². The van der Waals surface area contributed by atoms with Crippen LogP contribution in [0, 0.1) is 0 Å². The number of anilines is 5. The van der Waals surface area contributed by atoms with Gasteiger partial charge in [0.15, 0.2) is 0 Å². The van der Waals surface area contributed by atoms with E-state index in [1.165, 1.54) is 44.5 Å². The lowest BCUT2D eigenvalue weighted by Crippen LogP contribution is -2.09. The highest BCUT2D eigenvalue weighted by atomic mass is 15.1. The molecule has 0 N–H and O–H groups in total. The SMILES string of the molecule is C=C/C=C\C=C\N(c1ccc(-c2ccccc2)cc1)c1cccc(-c2ccc(-c3ccc(-c4cccc(N(c5ccccc5)c5ccc(-c6ccccc6)cc5)c4)cc3)cc2)c1. The van der Waals surface area contributed by atoms with Gasteiger partial charge in [-0.15, -0.1) is 0 Å². The molecule has 2 nitrogen and oxygen atoms in total. The normalized spacial score (nSPS) is 11.2. The molecular weight excluding hydrogens is 749 g/mol. The Kier molecular flexibility index (Phi) is 11.9. The van der Waals surface area contributed by atoms with Crippen molar-refractivity contribution in [1.82, 2.24) is 0 Å². The van der Waals surface area contributed by atoms with Crippen LogP contribution < -0.4 is 9.80 Å². The van der Waals surface area contributed by atoms with Crippen molar-refractivity contribution in [2.45, 2.75) is 0 Å². The summed E-state index contributed by atoms with van der Waals surface area (Å²) in [4.78, 5) is 4.54. The lowest BCUT2D eigenvalue weighted by Gasteiger charge is -2.26. The maximum atomic E-state index is 3.82. The van der Waals surface area contributed by atoms with Gasteiger partial charge in [0.05, 0.1) is 0 Å². The second-order valence-electron chi connectivity index (χ2n) is 15.1. The largest absolute Gasteiger partial charge is 0.317 e. The lowest BCUT2D eigenvalue weighted by atomic mass is 9.97. The fourth-order valence-corrected chi connectivity index (χ4v) is 7.87. The van der Waals surface area contributed by atoms with Crippen molar-refractivity contribution in [1.29, 1.82) is 0 Å². The van der Waals surface area contributed by atoms with Crippen molar-refractivity contribution in [3.05, 3.63) is 274 Å². The standard InChI is InChI=1S/C60H46N2/c1-2-3-4-14-43-61(56-39-35-50(36-40-56)46-17-8-5-9-18-46)59-25-15-21-54(44-59)52-31-27-48(28-32-52)49-29-33-53(34-30-49)55-22-16-26-60(45-55)62(57-23-12-7-13-24-57)58-41-37-51(38-42-58)47-19-10-6-11-20-47/h2-45H,1H2/b4-3-,43-14+. The fourth-order valence-electron chi connectivity index (χ4n) is 7.87. The Morgan fingerprint density at radius 3 is 1.08 bits per heavy atom. The molecule has 0 spiro atoms. The zero-order chi connectivity index (χ0) is 41.9. The number of hydrogen-bond acceptors (Lipinski definition) is 2. The molecule has 2 heteroatoms. The topological polar surface area (TPSA) is 6.48 Å². The van der Waals surface area contributed by atoms with E-state index in [0.717, 1.165) is 39.6 Å². The minimum absolute atomic E-state index is 1.08. The molecule has 62 heavy (non-hydrogen) atoms. The van der Waals surface area contributed by atoms with E-state index < -0.39 is 0 Å². The first-order valence-corrected chi connectivity index (χ1v) is 21.0. The summed E-state index contributed by atoms with van der Waals surface area (Å²) in [5.74, 6) is 0. The zero-order valence-corrected chi connectivity index (χ0v) is 34.5. The second-order valence-corrected chi connectivity index (χ2v) is 15.1. The number of benzene rings is 9. The number of nitrogens with zero attached hydrogens (tertiary/aromatic N) is 2. The molecular formula is C60H46N2. The third-order valence-electron chi connectivity index (χ3n) is 11.1. The first-order chi connectivity index (χ1) is 30.7. The molecule has 0 radical (unpaired) electrons. The van der Waals surface area contributed by atoms with E-state index in [1.807, 2.05) is 24.3 Å². The van der Waals surface area contributed by atoms with E-state index in [9.17, 15) is 0 Å². The molecule has 9 aromatic carbocycles. The predicted molar refractivity (Wildman–Crippen MR) is 265 cm³/mol. The number of hydrogen-bond donors (Lipinski definition) is 0. The fraction of sp³-hybridized carbons (Fsp3) is 0. The van der Waals surface area contributed by atoms with Gasteiger partial charge in [-0.3, -0.25) is 0 Å². The van der Waals surface area contributed by atoms with E-state index in [1.54, 1.807) is 6.08 Å². The number of para-hydroxylation sites is 1. The first kappa shape index (κ1) is 39.3. The van der Waals surface area contributed by atoms with Crippen LogP contribution in [0.2, 0.25) is 0 Å². The summed E-state index contributed by atoms with van der Waals surface area (Å²) in [5.41, 5.74) is 17.3. The highest BCUT2D eigenvalue weighted by molar-refractivity contribution is 5.82. The molecule has 0 bridgehead atoms. The average Bonchev–Trinajstić information content (AvgIpc) is 3.35. The molecule has 0 aliphatic carbocycles. The Bertz CT molecular complexity index is 2910. The van der Waals surface area contributed by atoms with Crippen molar-refractivity contribution in [2.24, 2.45) is 0 Å². The van der Waals surface area contributed by atoms with Crippen LogP contribution >= 0.6 is 0 Å². The Morgan fingerprint density at radius 1 is 0.258 bits per heavy atom. The second kappa shape index (κ2) is 18.8. The molecule has 0 fully saturated rings. The zero-order valence-electron chi connectivity index (χ0n) is 34.5. The maximum Gasteiger partial charge on any atom is 0.0467 e. The predicted octanol–water partition coefficient (Wildman–Crippen LogP) is 16.9. The quantitative estimate of drug-likeness (QED) is 0.107. The monoisotopic (exact) mass is 794 g/mol. The van der Waals surface area contributed by atoms with E-state index in [2.05, 4.69) is 253 Å². The minimum atomic E-state index is 1.08. The van der Waals surface area contributed by atoms with Crippen LogP contribution in [0.25, 0.3) is 55.6 Å². The van der Waals surface area contributed by atoms with Crippen molar-refractivity contribution in [3.63, 3.8) is 0 Å². The van der Waals surface area contributed by atoms with Gasteiger partial charge in [-0.1, -0.05) is 201 Å². The van der Waals surface area contributed by atoms with Gasteiger partial charge in [0.2, 0.25) is 0 Å². The Labute approximate surface area is 366 Å². The summed E-state index contributed by atoms with van der Waals surface area (Å²) in [6, 6.07) is 84.5. The third-order valence-corrected chi connectivity index (χ3v) is 11.1. The molecule has 0 aromatic heterocycles. The van der Waals surface area contributed by atoms with Gasteiger partial charge in [0, 0.05) is 34.6 Å². The van der Waals surface area contributed by atoms with E-state index in [4.69, 9.17) is 0 Å². The van der Waals surface area contributed by atoms with Gasteiger partial charge in [-0.2, -0.15) is 0 Å². The molecule has 0 aliphatic heterocycles. The van der Waals surface area contributed by atoms with E-state index in [0.29, 0.717) is 0 Å². The summed E-state index contributed by atoms with van der Waals surface area (Å²) in [7, 11) is 0. The molecule has 0 atom stereocenters. The lowest BCUT2D eigenvalue weighted by molar-refractivity contribution is 1.28. The molecule has 0 heterocycles. The van der Waals surface area contributed by atoms with Crippen LogP contribution in [0.4, 0.5) is 28.4 Å². The molecule has 0 unspecified atom stereocenters. The van der Waals surface area contributed by atoms with Crippen molar-refractivity contribution in [3.8, 4) is 55.6 Å². The molecule has 9 rings (SSSR count). The van der Waals surface area contributed by atoms with Crippen LogP contribution in [0.3, 0.4) is 0 Å². The summed E-state index contributed by atoms with van der Waals surface area (Å²) >= 11 is 0. The van der Waals surface area contributed by atoms with Crippen molar-refractivity contribution in [2.75, 3.05) is 9.80 Å². The Morgan fingerprint density at radius 2 is 0.597 bits per heavy atom. The van der Waals surface area contributed by atoms with Crippen LogP contribution in [-0.4, -0.2) is 0 Å². The number of rotatable bonds is 13. The van der Waals surface area contributed by atoms with Crippen LogP contribution in [0.15, 0.2) is 274 Å². The first-order valence-electron chi connectivity index (χ1n) is 21.0. The molecule has 0 aliphatic rings. The Hall–Kier alpha value is -8.20. The van der Waals surface area contributed by atoms with Gasteiger partial charge >= 0.3 is 0 Å². The summed E-state index contributed by atoms with van der Waals surface area (Å²) in [6.07, 6.45) is 9.86. The molecule has 296 valence electrons. The minimum Gasteiger partial charge on any atom is -0.317 e. The van der Waals surface area contributed by atoms with E-state index in [-0.39, 0.29) is 0 Å². The molecule has 0 saturated carbocycles. The molecule has 9 aromatic rings.